The third-order valence-electron chi connectivity index (χ3n) is 16.8. The van der Waals surface area contributed by atoms with E-state index >= 15 is 0 Å². The summed E-state index contributed by atoms with van der Waals surface area (Å²) in [7, 11) is -4.60. The van der Waals surface area contributed by atoms with Gasteiger partial charge >= 0.3 is 19.7 Å². The van der Waals surface area contributed by atoms with Crippen LogP contribution in [0.4, 0.5) is 10.5 Å². The van der Waals surface area contributed by atoms with Crippen LogP contribution in [0.15, 0.2) is 84.0 Å². The first-order valence-electron chi connectivity index (χ1n) is 28.6. The molecule has 82 heavy (non-hydrogen) atoms. The first kappa shape index (κ1) is 68.4. The number of methoxy groups -OCH3 is 3. The second-order valence-corrected chi connectivity index (χ2v) is 27.7. The first-order valence-corrected chi connectivity index (χ1v) is 32.3. The third-order valence-corrected chi connectivity index (χ3v) is 21.0. The van der Waals surface area contributed by atoms with Crippen molar-refractivity contribution in [3.05, 3.63) is 84.0 Å². The minimum atomic E-state index is -4.80. The number of nitrogens with one attached hydrogen (secondary N) is 1. The number of allylic oxidation sites excluding steroid dienone is 6. The van der Waals surface area contributed by atoms with E-state index < -0.39 is 117 Å². The lowest BCUT2D eigenvalue weighted by molar-refractivity contribution is -0.265. The van der Waals surface area contributed by atoms with Crippen molar-refractivity contribution in [2.75, 3.05) is 39.1 Å². The van der Waals surface area contributed by atoms with Gasteiger partial charge < -0.3 is 58.2 Å². The molecule has 0 spiro atoms. The maximum absolute atomic E-state index is 14.7. The van der Waals surface area contributed by atoms with Gasteiger partial charge in [-0.3, -0.25) is 28.8 Å². The van der Waals surface area contributed by atoms with Crippen molar-refractivity contribution < 1.29 is 86.4 Å². The zero-order chi connectivity index (χ0) is 60.9. The van der Waals surface area contributed by atoms with Gasteiger partial charge in [0.25, 0.3) is 11.7 Å². The molecule has 16 atom stereocenters. The quantitative estimate of drug-likeness (QED) is 0.0524. The van der Waals surface area contributed by atoms with Crippen molar-refractivity contribution in [2.45, 2.75) is 180 Å². The average Bonchev–Trinajstić information content (AvgIpc) is 3.31. The highest BCUT2D eigenvalue weighted by molar-refractivity contribution is 7.77. The molecule has 2 unspecified atom stereocenters. The Kier molecular flexibility index (Phi) is 25.5. The van der Waals surface area contributed by atoms with Gasteiger partial charge in [0.2, 0.25) is 13.2 Å². The van der Waals surface area contributed by atoms with E-state index in [-0.39, 0.29) is 53.9 Å². The number of fused-ring (bicyclic) bond motifs is 3. The van der Waals surface area contributed by atoms with Gasteiger partial charge in [-0.2, -0.15) is 0 Å². The van der Waals surface area contributed by atoms with Gasteiger partial charge in [-0.1, -0.05) is 77.7 Å². The standard InChI is InChI=1S/C60H90N2O18P2/c1-36-17-13-12-14-18-37(2)51(75-9)33-46-24-20-42(7)60(69,80-46)56(65)57(66)62-28-16-15-19-48(62)58(67)78-52(34-49(63)39(4)30-41(6)54(64)55(77-11)43(8)38(3)29-36)40(5)31-44-21-27-50(53(32-44)76-10)79-59(68)61-45-22-25-47(26-23-45)81(70,71)35-82(72,73)74/h12-14,17-18,22-23,25-26,30,36,38,40-42,44,46,48,50-55,64,69H,8,15-16,19-21,24,27-29,31-35H2,1-7,9-11H3,(H,61,68)(H,70,71)(H2,72,73,74)/t36-,38-,40-,41?,42-,44+,46+,48+,50-,51+,52+,53-,54-,55+,60-/m1/s1. The smallest absolute Gasteiger partial charge is 0.411 e. The van der Waals surface area contributed by atoms with Crippen LogP contribution in [0.3, 0.4) is 0 Å². The minimum Gasteiger partial charge on any atom is -0.460 e. The topological polar surface area (TPSA) is 291 Å². The highest BCUT2D eigenvalue weighted by Crippen LogP contribution is 2.54. The molecular formula is C60H90N2O18P2. The summed E-state index contributed by atoms with van der Waals surface area (Å²) < 4.78 is 59.9. The Bertz CT molecular complexity index is 2610. The lowest BCUT2D eigenvalue weighted by atomic mass is 9.78. The SMILES string of the molecule is C=C1[C@H](C)C[C@H](C)C=CC=CC=C(C)[C@@H](OC)C[C@@H]2CC[C@@H](C)[C@@](O)(O2)C(=O)C(=O)N2CCCC[C@H]2C(=O)O[C@H]([C@H](C)C[C@@H]2CC[C@@H](OC(=O)Nc3ccc(P(=O)(O)CP(=O)(O)O)cc3)[C@H](OC)C2)CC(=O)C(C)=CC(C)[C@@H](O)[C@H]1OC. The van der Waals surface area contributed by atoms with Crippen molar-refractivity contribution in [1.82, 2.24) is 4.90 Å². The van der Waals surface area contributed by atoms with Gasteiger partial charge in [0.1, 0.15) is 30.3 Å². The molecule has 5 rings (SSSR count). The van der Waals surface area contributed by atoms with Crippen LogP contribution in [0.25, 0.3) is 0 Å². The monoisotopic (exact) mass is 1190 g/mol. The number of hydrogen-bond donors (Lipinski definition) is 6. The van der Waals surface area contributed by atoms with Gasteiger partial charge in [0.05, 0.1) is 24.4 Å². The number of amides is 2. The first-order chi connectivity index (χ1) is 38.5. The molecule has 0 radical (unpaired) electrons. The van der Waals surface area contributed by atoms with Crippen LogP contribution in [0.1, 0.15) is 126 Å². The molecule has 1 aromatic carbocycles. The van der Waals surface area contributed by atoms with Crippen molar-refractivity contribution >= 4 is 55.5 Å². The highest BCUT2D eigenvalue weighted by atomic mass is 31.2. The number of carbonyl (C=O) groups is 5. The van der Waals surface area contributed by atoms with E-state index in [4.69, 9.17) is 28.4 Å². The molecule has 2 saturated heterocycles. The van der Waals surface area contributed by atoms with Gasteiger partial charge in [-0.25, -0.2) is 9.59 Å². The zero-order valence-corrected chi connectivity index (χ0v) is 51.1. The summed E-state index contributed by atoms with van der Waals surface area (Å²) in [5, 5.41) is 26.2. The molecule has 3 heterocycles. The summed E-state index contributed by atoms with van der Waals surface area (Å²) in [6.07, 6.45) is 10.0. The van der Waals surface area contributed by atoms with Crippen LogP contribution in [0.5, 0.6) is 0 Å². The number of carbonyl (C=O) groups excluding carboxylic acids is 5. The second-order valence-electron chi connectivity index (χ2n) is 23.3. The number of hydrogen-bond acceptors (Lipinski definition) is 15. The number of ketones is 2. The predicted molar refractivity (Wildman–Crippen MR) is 310 cm³/mol. The molecule has 2 bridgehead atoms. The number of cyclic esters (lactones) is 1. The fourth-order valence-electron chi connectivity index (χ4n) is 11.8. The molecule has 20 nitrogen and oxygen atoms in total. The predicted octanol–water partition coefficient (Wildman–Crippen LogP) is 8.46. The fourth-order valence-corrected chi connectivity index (χ4v) is 15.0. The van der Waals surface area contributed by atoms with Gasteiger partial charge in [0, 0.05) is 63.5 Å². The number of ether oxygens (including phenoxy) is 6. The van der Waals surface area contributed by atoms with E-state index in [1.807, 2.05) is 45.1 Å². The van der Waals surface area contributed by atoms with Crippen molar-refractivity contribution in [2.24, 2.45) is 35.5 Å². The Morgan fingerprint density at radius 3 is 2.22 bits per heavy atom. The van der Waals surface area contributed by atoms with Gasteiger partial charge in [-0.15, -0.1) is 0 Å². The number of aliphatic hydroxyl groups excluding tert-OH is 1. The second kappa shape index (κ2) is 30.6. The van der Waals surface area contributed by atoms with Crippen LogP contribution in [-0.4, -0.2) is 148 Å². The molecule has 458 valence electrons. The van der Waals surface area contributed by atoms with E-state index in [0.717, 1.165) is 16.9 Å². The van der Waals surface area contributed by atoms with E-state index in [9.17, 15) is 58.0 Å². The van der Waals surface area contributed by atoms with E-state index in [1.54, 1.807) is 34.0 Å². The average molecular weight is 1190 g/mol. The van der Waals surface area contributed by atoms with Crippen LogP contribution in [0.2, 0.25) is 0 Å². The molecule has 6 N–H and O–H groups in total. The molecule has 3 aliphatic heterocycles. The number of nitrogens with zero attached hydrogens (tertiary/aromatic N) is 1. The lowest BCUT2D eigenvalue weighted by Gasteiger charge is -2.42. The summed E-state index contributed by atoms with van der Waals surface area (Å²) in [4.78, 5) is 101. The Morgan fingerprint density at radius 2 is 1.57 bits per heavy atom. The van der Waals surface area contributed by atoms with Gasteiger partial charge in [-0.05, 0) is 143 Å². The van der Waals surface area contributed by atoms with Crippen LogP contribution >= 0.6 is 15.0 Å². The summed E-state index contributed by atoms with van der Waals surface area (Å²) >= 11 is 0. The molecule has 0 aromatic heterocycles. The molecule has 4 aliphatic rings. The number of Topliss-reactive ketones (excluding diaryl/α,β-unsaturated/α-hetero) is 2. The summed E-state index contributed by atoms with van der Waals surface area (Å²) in [5.41, 5.74) is 2.11. The number of rotatable bonds is 11. The zero-order valence-electron chi connectivity index (χ0n) is 49.3. The number of piperidine rings is 1. The molecule has 1 saturated carbocycles. The summed E-state index contributed by atoms with van der Waals surface area (Å²) in [6.45, 7) is 17.4. The van der Waals surface area contributed by atoms with Crippen LogP contribution in [-0.2, 0) is 56.7 Å². The highest BCUT2D eigenvalue weighted by Gasteiger charge is 2.53. The fraction of sp³-hybridized carbons (Fsp3) is 0.650. The van der Waals surface area contributed by atoms with E-state index in [2.05, 4.69) is 24.9 Å². The maximum Gasteiger partial charge on any atom is 0.411 e. The summed E-state index contributed by atoms with van der Waals surface area (Å²) in [6, 6.07) is 3.78. The largest absolute Gasteiger partial charge is 0.460 e. The van der Waals surface area contributed by atoms with Gasteiger partial charge in [0.15, 0.2) is 5.78 Å². The van der Waals surface area contributed by atoms with Crippen molar-refractivity contribution in [1.29, 1.82) is 0 Å². The molecule has 3 fully saturated rings. The lowest BCUT2D eigenvalue weighted by Crippen LogP contribution is -2.61. The number of benzene rings is 1. The molecule has 2 amide bonds. The normalized spacial score (nSPS) is 33.3. The molecule has 1 aliphatic carbocycles. The van der Waals surface area contributed by atoms with Crippen molar-refractivity contribution in [3.8, 4) is 0 Å². The Balaban J connectivity index is 1.40. The number of esters is 1. The Hall–Kier alpha value is -4.43. The van der Waals surface area contributed by atoms with E-state index in [0.29, 0.717) is 68.9 Å². The van der Waals surface area contributed by atoms with Crippen LogP contribution in [0, 0.1) is 35.5 Å². The third kappa shape index (κ3) is 18.8. The number of aliphatic hydroxyl groups is 2. The molecular weight excluding hydrogens is 1100 g/mol. The molecule has 1 aromatic rings. The Labute approximate surface area is 483 Å². The number of anilines is 1. The Morgan fingerprint density at radius 1 is 0.878 bits per heavy atom. The summed E-state index contributed by atoms with van der Waals surface area (Å²) in [5.74, 6) is -8.90. The minimum absolute atomic E-state index is 0.0349. The maximum atomic E-state index is 14.7. The molecule has 22 heteroatoms. The van der Waals surface area contributed by atoms with Crippen molar-refractivity contribution in [3.63, 3.8) is 0 Å². The van der Waals surface area contributed by atoms with Crippen LogP contribution < -0.4 is 10.6 Å². The van der Waals surface area contributed by atoms with E-state index in [1.165, 1.54) is 38.5 Å².